The molecule has 0 atom stereocenters. The minimum Gasteiger partial charge on any atom is -0.455 e. The molecule has 0 fully saturated rings. The van der Waals surface area contributed by atoms with E-state index in [4.69, 9.17) is 4.74 Å². The maximum Gasteiger partial charge on any atom is 0.321 e. The summed E-state index contributed by atoms with van der Waals surface area (Å²) in [4.78, 5) is 22.2. The first kappa shape index (κ1) is 19.5. The summed E-state index contributed by atoms with van der Waals surface area (Å²) in [5.41, 5.74) is 2.64. The lowest BCUT2D eigenvalue weighted by Gasteiger charge is -2.19. The second-order valence-corrected chi connectivity index (χ2v) is 7.07. The van der Waals surface area contributed by atoms with Crippen molar-refractivity contribution in [3.8, 4) is 11.5 Å². The van der Waals surface area contributed by atoms with Crippen LogP contribution < -0.4 is 10.1 Å². The van der Waals surface area contributed by atoms with Crippen molar-refractivity contribution < 1.29 is 9.53 Å². The molecule has 1 heterocycles. The fourth-order valence-corrected chi connectivity index (χ4v) is 3.19. The predicted octanol–water partition coefficient (Wildman–Crippen LogP) is 5.45. The topological polar surface area (TPSA) is 70.2 Å². The van der Waals surface area contributed by atoms with Crippen LogP contribution >= 0.6 is 0 Å². The quantitative estimate of drug-likeness (QED) is 0.433. The molecule has 0 aliphatic heterocycles. The van der Waals surface area contributed by atoms with E-state index in [1.807, 2.05) is 78.9 Å². The number of ether oxygens (including phenoxy) is 1. The fourth-order valence-electron chi connectivity index (χ4n) is 3.19. The first-order chi connectivity index (χ1) is 14.7. The number of rotatable bonds is 7. The lowest BCUT2D eigenvalue weighted by Crippen LogP contribution is -2.32. The molecule has 152 valence electrons. The first-order valence-electron chi connectivity index (χ1n) is 9.97. The Morgan fingerprint density at radius 2 is 1.73 bits per heavy atom. The van der Waals surface area contributed by atoms with Crippen molar-refractivity contribution in [1.29, 1.82) is 0 Å². The van der Waals surface area contributed by atoms with Crippen molar-refractivity contribution >= 4 is 22.8 Å². The monoisotopic (exact) mass is 400 g/mol. The number of benzene rings is 3. The van der Waals surface area contributed by atoms with E-state index < -0.39 is 0 Å². The molecule has 6 heteroatoms. The number of carbonyl (C=O) groups excluding carboxylic acids is 1. The van der Waals surface area contributed by atoms with E-state index in [2.05, 4.69) is 15.3 Å². The highest BCUT2D eigenvalue weighted by Gasteiger charge is 2.12. The van der Waals surface area contributed by atoms with Gasteiger partial charge < -0.3 is 19.9 Å². The smallest absolute Gasteiger partial charge is 0.321 e. The summed E-state index contributed by atoms with van der Waals surface area (Å²) < 4.78 is 5.91. The van der Waals surface area contributed by atoms with Crippen LogP contribution in [0.5, 0.6) is 11.5 Å². The third-order valence-electron chi connectivity index (χ3n) is 4.79. The fraction of sp³-hybridized carbons (Fsp3) is 0.167. The second-order valence-electron chi connectivity index (χ2n) is 7.07. The van der Waals surface area contributed by atoms with Gasteiger partial charge in [0, 0.05) is 20.0 Å². The summed E-state index contributed by atoms with van der Waals surface area (Å²) in [6.07, 6.45) is 1.59. The van der Waals surface area contributed by atoms with Gasteiger partial charge in [-0.15, -0.1) is 0 Å². The summed E-state index contributed by atoms with van der Waals surface area (Å²) in [5, 5.41) is 2.94. The Balaban J connectivity index is 1.32. The zero-order valence-corrected chi connectivity index (χ0v) is 16.8. The molecular formula is C24H24N4O2. The van der Waals surface area contributed by atoms with E-state index in [9.17, 15) is 4.79 Å². The maximum absolute atomic E-state index is 12.6. The molecule has 0 saturated carbocycles. The third-order valence-corrected chi connectivity index (χ3v) is 4.79. The minimum absolute atomic E-state index is 0.177. The van der Waals surface area contributed by atoms with Gasteiger partial charge in [-0.1, -0.05) is 42.5 Å². The second kappa shape index (κ2) is 9.13. The molecule has 4 aromatic rings. The molecular weight excluding hydrogens is 376 g/mol. The highest BCUT2D eigenvalue weighted by molar-refractivity contribution is 5.90. The van der Waals surface area contributed by atoms with E-state index >= 15 is 0 Å². The van der Waals surface area contributed by atoms with Gasteiger partial charge in [-0.25, -0.2) is 9.78 Å². The van der Waals surface area contributed by atoms with Gasteiger partial charge in [0.15, 0.2) is 5.75 Å². The summed E-state index contributed by atoms with van der Waals surface area (Å²) in [5.74, 6) is 2.26. The highest BCUT2D eigenvalue weighted by Crippen LogP contribution is 2.29. The van der Waals surface area contributed by atoms with Crippen LogP contribution in [0.2, 0.25) is 0 Å². The van der Waals surface area contributed by atoms with Crippen LogP contribution in [0.1, 0.15) is 12.2 Å². The molecule has 0 radical (unpaired) electrons. The van der Waals surface area contributed by atoms with Gasteiger partial charge >= 0.3 is 6.03 Å². The molecule has 0 spiro atoms. The molecule has 4 rings (SSSR count). The average Bonchev–Trinajstić information content (AvgIpc) is 3.18. The molecule has 2 N–H and O–H groups in total. The summed E-state index contributed by atoms with van der Waals surface area (Å²) in [7, 11) is 1.79. The van der Waals surface area contributed by atoms with Crippen molar-refractivity contribution in [2.45, 2.75) is 12.8 Å². The highest BCUT2D eigenvalue weighted by atomic mass is 16.5. The Labute approximate surface area is 175 Å². The molecule has 0 bridgehead atoms. The van der Waals surface area contributed by atoms with Crippen LogP contribution in [0.25, 0.3) is 11.0 Å². The van der Waals surface area contributed by atoms with Crippen LogP contribution in [0.3, 0.4) is 0 Å². The summed E-state index contributed by atoms with van der Waals surface area (Å²) in [6.45, 7) is 0.616. The minimum atomic E-state index is -0.177. The number of amides is 2. The largest absolute Gasteiger partial charge is 0.455 e. The van der Waals surface area contributed by atoms with Gasteiger partial charge in [0.25, 0.3) is 0 Å². The molecule has 0 saturated heterocycles. The zero-order valence-electron chi connectivity index (χ0n) is 16.8. The number of hydrogen-bond acceptors (Lipinski definition) is 3. The van der Waals surface area contributed by atoms with Crippen LogP contribution in [0.4, 0.5) is 10.5 Å². The van der Waals surface area contributed by atoms with Crippen molar-refractivity contribution in [3.05, 3.63) is 84.7 Å². The summed E-state index contributed by atoms with van der Waals surface area (Å²) >= 11 is 0. The molecule has 30 heavy (non-hydrogen) atoms. The van der Waals surface area contributed by atoms with E-state index in [0.717, 1.165) is 35.4 Å². The molecule has 0 unspecified atom stereocenters. The van der Waals surface area contributed by atoms with Gasteiger partial charge in [0.2, 0.25) is 0 Å². The number of para-hydroxylation sites is 5. The molecule has 2 amide bonds. The van der Waals surface area contributed by atoms with E-state index in [1.165, 1.54) is 0 Å². The van der Waals surface area contributed by atoms with E-state index in [-0.39, 0.29) is 6.03 Å². The maximum atomic E-state index is 12.6. The molecule has 0 aliphatic rings. The standard InChI is InChI=1S/C24H24N4O2/c1-28(17-9-16-23-25-19-12-5-6-13-20(19)26-23)24(29)27-21-14-7-8-15-22(21)30-18-10-3-2-4-11-18/h2-8,10-15H,9,16-17H2,1H3,(H,25,26)(H,27,29). The van der Waals surface area contributed by atoms with Gasteiger partial charge in [0.1, 0.15) is 11.6 Å². The molecule has 0 aliphatic carbocycles. The Morgan fingerprint density at radius 1 is 1.00 bits per heavy atom. The number of aryl methyl sites for hydroxylation is 1. The average molecular weight is 400 g/mol. The Hall–Kier alpha value is -3.80. The predicted molar refractivity (Wildman–Crippen MR) is 119 cm³/mol. The van der Waals surface area contributed by atoms with E-state index in [1.54, 1.807) is 11.9 Å². The molecule has 3 aromatic carbocycles. The van der Waals surface area contributed by atoms with Gasteiger partial charge in [0.05, 0.1) is 16.7 Å². The number of carbonyl (C=O) groups is 1. The van der Waals surface area contributed by atoms with Crippen LogP contribution in [0, 0.1) is 0 Å². The lowest BCUT2D eigenvalue weighted by molar-refractivity contribution is 0.222. The third kappa shape index (κ3) is 4.78. The number of anilines is 1. The SMILES string of the molecule is CN(CCCc1nc2ccccc2[nH]1)C(=O)Nc1ccccc1Oc1ccccc1. The van der Waals surface area contributed by atoms with Crippen molar-refractivity contribution in [2.24, 2.45) is 0 Å². The number of imidazole rings is 1. The number of H-pyrrole nitrogens is 1. The number of fused-ring (bicyclic) bond motifs is 1. The number of urea groups is 1. The first-order valence-corrected chi connectivity index (χ1v) is 9.97. The number of nitrogens with zero attached hydrogens (tertiary/aromatic N) is 2. The Kier molecular flexibility index (Phi) is 5.94. The van der Waals surface area contributed by atoms with Crippen molar-refractivity contribution in [1.82, 2.24) is 14.9 Å². The zero-order chi connectivity index (χ0) is 20.8. The van der Waals surface area contributed by atoms with Crippen molar-refractivity contribution in [3.63, 3.8) is 0 Å². The normalized spacial score (nSPS) is 10.7. The number of hydrogen-bond donors (Lipinski definition) is 2. The van der Waals surface area contributed by atoms with Crippen LogP contribution in [0.15, 0.2) is 78.9 Å². The van der Waals surface area contributed by atoms with E-state index in [0.29, 0.717) is 18.0 Å². The van der Waals surface area contributed by atoms with Crippen LogP contribution in [-0.2, 0) is 6.42 Å². The number of aromatic nitrogens is 2. The number of nitrogens with one attached hydrogen (secondary N) is 2. The van der Waals surface area contributed by atoms with Crippen molar-refractivity contribution in [2.75, 3.05) is 18.9 Å². The Bertz CT molecular complexity index is 1090. The Morgan fingerprint density at radius 3 is 2.57 bits per heavy atom. The van der Waals surface area contributed by atoms with Crippen LogP contribution in [-0.4, -0.2) is 34.5 Å². The summed E-state index contributed by atoms with van der Waals surface area (Å²) in [6, 6.07) is 24.7. The van der Waals surface area contributed by atoms with Gasteiger partial charge in [-0.2, -0.15) is 0 Å². The van der Waals surface area contributed by atoms with Gasteiger partial charge in [-0.05, 0) is 42.8 Å². The lowest BCUT2D eigenvalue weighted by atomic mass is 10.2. The van der Waals surface area contributed by atoms with Gasteiger partial charge in [-0.3, -0.25) is 0 Å². The molecule has 6 nitrogen and oxygen atoms in total. The molecule has 1 aromatic heterocycles. The number of aromatic amines is 1.